The van der Waals surface area contributed by atoms with Crippen LogP contribution in [-0.2, 0) is 26.6 Å². The summed E-state index contributed by atoms with van der Waals surface area (Å²) in [7, 11) is 1.73. The Morgan fingerprint density at radius 2 is 2.17 bits per heavy atom. The minimum Gasteiger partial charge on any atom is -0.297 e. The average molecular weight is 330 g/mol. The number of piperidine rings is 1. The van der Waals surface area contributed by atoms with Gasteiger partial charge in [-0.3, -0.25) is 9.47 Å². The fraction of sp³-hybridized carbons (Fsp3) is 0.647. The second-order valence-corrected chi connectivity index (χ2v) is 6.40. The standard InChI is InChI=1S/C17H26N6O/c1-4-15-18-9-8-14(19-15)12-22-10-6-7-13(11-22)16-20-21(3)17(24)23(16)5-2/h8-9,13H,4-7,10-12H2,1-3H3/t13-/m0/s1. The van der Waals surface area contributed by atoms with Crippen molar-refractivity contribution in [3.05, 3.63) is 40.1 Å². The van der Waals surface area contributed by atoms with E-state index in [1.165, 1.54) is 4.68 Å². The van der Waals surface area contributed by atoms with Gasteiger partial charge in [-0.25, -0.2) is 19.4 Å². The fourth-order valence-corrected chi connectivity index (χ4v) is 3.46. The lowest BCUT2D eigenvalue weighted by Crippen LogP contribution is -2.35. The Labute approximate surface area is 142 Å². The van der Waals surface area contributed by atoms with E-state index in [9.17, 15) is 4.79 Å². The molecule has 0 aliphatic carbocycles. The maximum absolute atomic E-state index is 12.1. The van der Waals surface area contributed by atoms with E-state index in [1.54, 1.807) is 11.6 Å². The molecule has 0 unspecified atom stereocenters. The Kier molecular flexibility index (Phi) is 5.08. The molecule has 0 saturated carbocycles. The third-order valence-electron chi connectivity index (χ3n) is 4.69. The molecular weight excluding hydrogens is 304 g/mol. The summed E-state index contributed by atoms with van der Waals surface area (Å²) in [6, 6.07) is 1.99. The van der Waals surface area contributed by atoms with Crippen LogP contribution < -0.4 is 5.69 Å². The largest absolute Gasteiger partial charge is 0.345 e. The summed E-state index contributed by atoms with van der Waals surface area (Å²) in [5.74, 6) is 2.12. The molecule has 0 bridgehead atoms. The molecule has 0 aromatic carbocycles. The van der Waals surface area contributed by atoms with Gasteiger partial charge in [0.15, 0.2) is 0 Å². The first-order valence-electron chi connectivity index (χ1n) is 8.79. The van der Waals surface area contributed by atoms with E-state index in [1.807, 2.05) is 19.2 Å². The number of hydrogen-bond donors (Lipinski definition) is 0. The smallest absolute Gasteiger partial charge is 0.297 e. The van der Waals surface area contributed by atoms with Crippen LogP contribution in [-0.4, -0.2) is 42.3 Å². The van der Waals surface area contributed by atoms with Crippen LogP contribution in [0.15, 0.2) is 17.1 Å². The van der Waals surface area contributed by atoms with Crippen LogP contribution in [0.25, 0.3) is 0 Å². The monoisotopic (exact) mass is 330 g/mol. The lowest BCUT2D eigenvalue weighted by atomic mass is 9.97. The Bertz CT molecular complexity index is 750. The maximum Gasteiger partial charge on any atom is 0.345 e. The molecule has 1 aliphatic rings. The zero-order valence-electron chi connectivity index (χ0n) is 14.8. The number of likely N-dealkylation sites (tertiary alicyclic amines) is 1. The molecule has 2 aromatic rings. The fourth-order valence-electron chi connectivity index (χ4n) is 3.46. The quantitative estimate of drug-likeness (QED) is 0.827. The van der Waals surface area contributed by atoms with Gasteiger partial charge in [-0.2, -0.15) is 5.10 Å². The highest BCUT2D eigenvalue weighted by molar-refractivity contribution is 5.05. The summed E-state index contributed by atoms with van der Waals surface area (Å²) in [6.07, 6.45) is 4.89. The number of aryl methyl sites for hydroxylation is 2. The summed E-state index contributed by atoms with van der Waals surface area (Å²) in [4.78, 5) is 23.4. The van der Waals surface area contributed by atoms with E-state index < -0.39 is 0 Å². The molecule has 1 aliphatic heterocycles. The summed E-state index contributed by atoms with van der Waals surface area (Å²) >= 11 is 0. The van der Waals surface area contributed by atoms with Gasteiger partial charge >= 0.3 is 5.69 Å². The minimum absolute atomic E-state index is 0.0204. The zero-order valence-corrected chi connectivity index (χ0v) is 14.8. The summed E-state index contributed by atoms with van der Waals surface area (Å²) in [6.45, 7) is 7.55. The molecule has 1 fully saturated rings. The van der Waals surface area contributed by atoms with Crippen molar-refractivity contribution in [3.8, 4) is 0 Å². The number of aromatic nitrogens is 5. The second kappa shape index (κ2) is 7.25. The minimum atomic E-state index is -0.0204. The molecule has 130 valence electrons. The zero-order chi connectivity index (χ0) is 17.1. The van der Waals surface area contributed by atoms with Crippen molar-refractivity contribution in [2.24, 2.45) is 7.05 Å². The number of rotatable bonds is 5. The van der Waals surface area contributed by atoms with E-state index in [0.717, 1.165) is 56.2 Å². The van der Waals surface area contributed by atoms with Crippen LogP contribution in [0, 0.1) is 0 Å². The predicted molar refractivity (Wildman–Crippen MR) is 91.8 cm³/mol. The van der Waals surface area contributed by atoms with Crippen molar-refractivity contribution in [2.75, 3.05) is 13.1 Å². The van der Waals surface area contributed by atoms with Crippen molar-refractivity contribution < 1.29 is 0 Å². The van der Waals surface area contributed by atoms with Crippen LogP contribution in [0.1, 0.15) is 49.9 Å². The van der Waals surface area contributed by atoms with Gasteiger partial charge in [0.1, 0.15) is 11.6 Å². The third-order valence-corrected chi connectivity index (χ3v) is 4.69. The van der Waals surface area contributed by atoms with Gasteiger partial charge in [0, 0.05) is 45.2 Å². The average Bonchev–Trinajstić information content (AvgIpc) is 2.90. The van der Waals surface area contributed by atoms with Gasteiger partial charge in [-0.1, -0.05) is 6.92 Å². The van der Waals surface area contributed by atoms with Crippen LogP contribution >= 0.6 is 0 Å². The molecule has 0 amide bonds. The van der Waals surface area contributed by atoms with E-state index >= 15 is 0 Å². The first-order valence-corrected chi connectivity index (χ1v) is 8.79. The van der Waals surface area contributed by atoms with Crippen molar-refractivity contribution in [3.63, 3.8) is 0 Å². The Balaban J connectivity index is 1.75. The molecule has 3 rings (SSSR count). The Morgan fingerprint density at radius 3 is 2.92 bits per heavy atom. The van der Waals surface area contributed by atoms with Gasteiger partial charge in [-0.05, 0) is 32.4 Å². The highest BCUT2D eigenvalue weighted by atomic mass is 16.2. The van der Waals surface area contributed by atoms with E-state index in [0.29, 0.717) is 12.5 Å². The number of nitrogens with zero attached hydrogens (tertiary/aromatic N) is 6. The van der Waals surface area contributed by atoms with E-state index in [4.69, 9.17) is 0 Å². The van der Waals surface area contributed by atoms with Crippen molar-refractivity contribution in [2.45, 2.75) is 52.1 Å². The molecule has 1 atom stereocenters. The molecule has 2 aromatic heterocycles. The van der Waals surface area contributed by atoms with E-state index in [2.05, 4.69) is 26.9 Å². The SMILES string of the molecule is CCc1nccc(CN2CCC[C@H](c3nn(C)c(=O)n3CC)C2)n1. The van der Waals surface area contributed by atoms with Crippen LogP contribution in [0.3, 0.4) is 0 Å². The van der Waals surface area contributed by atoms with Crippen LogP contribution in [0.4, 0.5) is 0 Å². The number of hydrogen-bond acceptors (Lipinski definition) is 5. The molecule has 1 saturated heterocycles. The van der Waals surface area contributed by atoms with Gasteiger partial charge in [0.2, 0.25) is 0 Å². The molecule has 0 N–H and O–H groups in total. The highest BCUT2D eigenvalue weighted by Crippen LogP contribution is 2.25. The van der Waals surface area contributed by atoms with Gasteiger partial charge < -0.3 is 0 Å². The summed E-state index contributed by atoms with van der Waals surface area (Å²) < 4.78 is 3.25. The van der Waals surface area contributed by atoms with Crippen LogP contribution in [0.2, 0.25) is 0 Å². The van der Waals surface area contributed by atoms with Crippen molar-refractivity contribution in [1.82, 2.24) is 29.2 Å². The maximum atomic E-state index is 12.1. The van der Waals surface area contributed by atoms with E-state index in [-0.39, 0.29) is 5.69 Å². The Morgan fingerprint density at radius 1 is 1.33 bits per heavy atom. The summed E-state index contributed by atoms with van der Waals surface area (Å²) in [5.41, 5.74) is 1.05. The van der Waals surface area contributed by atoms with Gasteiger partial charge in [0.25, 0.3) is 0 Å². The highest BCUT2D eigenvalue weighted by Gasteiger charge is 2.26. The third kappa shape index (κ3) is 3.40. The first-order chi connectivity index (χ1) is 11.6. The molecule has 0 spiro atoms. The molecule has 7 nitrogen and oxygen atoms in total. The molecular formula is C17H26N6O. The second-order valence-electron chi connectivity index (χ2n) is 6.40. The molecule has 0 radical (unpaired) electrons. The lowest BCUT2D eigenvalue weighted by molar-refractivity contribution is 0.192. The normalized spacial score (nSPS) is 18.9. The van der Waals surface area contributed by atoms with Crippen LogP contribution in [0.5, 0.6) is 0 Å². The molecule has 24 heavy (non-hydrogen) atoms. The van der Waals surface area contributed by atoms with Gasteiger partial charge in [-0.15, -0.1) is 0 Å². The topological polar surface area (TPSA) is 68.8 Å². The summed E-state index contributed by atoms with van der Waals surface area (Å²) in [5, 5.41) is 4.49. The van der Waals surface area contributed by atoms with Crippen molar-refractivity contribution in [1.29, 1.82) is 0 Å². The van der Waals surface area contributed by atoms with Crippen molar-refractivity contribution >= 4 is 0 Å². The van der Waals surface area contributed by atoms with Gasteiger partial charge in [0.05, 0.1) is 5.69 Å². The predicted octanol–water partition coefficient (Wildman–Crippen LogP) is 1.33. The Hall–Kier alpha value is -2.02. The first kappa shape index (κ1) is 16.8. The molecule has 7 heteroatoms. The molecule has 3 heterocycles. The lowest BCUT2D eigenvalue weighted by Gasteiger charge is -2.32.